The minimum Gasteiger partial charge on any atom is -0.462 e. The summed E-state index contributed by atoms with van der Waals surface area (Å²) in [7, 11) is 0. The van der Waals surface area contributed by atoms with E-state index in [-0.39, 0.29) is 31.1 Å². The first-order valence-electron chi connectivity index (χ1n) is 35.3. The molecule has 0 aromatic heterocycles. The standard InChI is InChI=1S/C72H136O6/c1-4-7-10-13-16-19-22-25-28-30-32-33-34-35-36-37-38-39-41-42-44-47-50-53-56-59-62-65-71(74)77-68-69(67-76-70(73)64-61-58-55-52-49-46-27-24-21-18-15-12-9-6-3)78-72(75)66-63-60-57-54-51-48-45-43-40-31-29-26-23-20-17-14-11-8-5-2/h26,29-30,32,69H,4-25,27-28,31,33-68H2,1-3H3/b29-26-,32-30-. The van der Waals surface area contributed by atoms with E-state index in [4.69, 9.17) is 14.2 Å². The summed E-state index contributed by atoms with van der Waals surface area (Å²) in [5, 5.41) is 0. The molecule has 78 heavy (non-hydrogen) atoms. The fourth-order valence-corrected chi connectivity index (χ4v) is 10.8. The van der Waals surface area contributed by atoms with Crippen LogP contribution < -0.4 is 0 Å². The second-order valence-electron chi connectivity index (χ2n) is 24.1. The van der Waals surface area contributed by atoms with Crippen molar-refractivity contribution in [2.24, 2.45) is 0 Å². The first-order chi connectivity index (χ1) is 38.5. The topological polar surface area (TPSA) is 78.9 Å². The Kier molecular flexibility index (Phi) is 65.6. The summed E-state index contributed by atoms with van der Waals surface area (Å²) in [6.07, 6.45) is 82.1. The molecule has 6 nitrogen and oxygen atoms in total. The average Bonchev–Trinajstić information content (AvgIpc) is 3.44. The number of carbonyl (C=O) groups is 3. The summed E-state index contributed by atoms with van der Waals surface area (Å²) in [5.74, 6) is -0.836. The number of rotatable bonds is 66. The maximum Gasteiger partial charge on any atom is 0.306 e. The van der Waals surface area contributed by atoms with E-state index >= 15 is 0 Å². The van der Waals surface area contributed by atoms with Crippen LogP contribution in [0, 0.1) is 0 Å². The Morgan fingerprint density at radius 3 is 0.641 bits per heavy atom. The van der Waals surface area contributed by atoms with Crippen molar-refractivity contribution in [1.82, 2.24) is 0 Å². The van der Waals surface area contributed by atoms with Gasteiger partial charge in [0, 0.05) is 19.3 Å². The summed E-state index contributed by atoms with van der Waals surface area (Å²) < 4.78 is 17.0. The fourth-order valence-electron chi connectivity index (χ4n) is 10.8. The van der Waals surface area contributed by atoms with Gasteiger partial charge in [-0.1, -0.05) is 334 Å². The zero-order valence-corrected chi connectivity index (χ0v) is 53.0. The van der Waals surface area contributed by atoms with Crippen LogP contribution in [-0.2, 0) is 28.6 Å². The van der Waals surface area contributed by atoms with Gasteiger partial charge in [0.25, 0.3) is 0 Å². The van der Waals surface area contributed by atoms with Crippen molar-refractivity contribution < 1.29 is 28.6 Å². The van der Waals surface area contributed by atoms with Crippen LogP contribution in [0.15, 0.2) is 24.3 Å². The number of unbranched alkanes of at least 4 members (excludes halogenated alkanes) is 51. The lowest BCUT2D eigenvalue weighted by molar-refractivity contribution is -0.167. The molecule has 0 heterocycles. The smallest absolute Gasteiger partial charge is 0.306 e. The first kappa shape index (κ1) is 75.9. The van der Waals surface area contributed by atoms with E-state index in [2.05, 4.69) is 45.1 Å². The van der Waals surface area contributed by atoms with Gasteiger partial charge in [-0.2, -0.15) is 0 Å². The van der Waals surface area contributed by atoms with Crippen molar-refractivity contribution in [3.63, 3.8) is 0 Å². The Morgan fingerprint density at radius 1 is 0.244 bits per heavy atom. The van der Waals surface area contributed by atoms with Crippen molar-refractivity contribution >= 4 is 17.9 Å². The third-order valence-electron chi connectivity index (χ3n) is 16.2. The number of ether oxygens (including phenoxy) is 3. The molecule has 0 N–H and O–H groups in total. The van der Waals surface area contributed by atoms with E-state index in [1.54, 1.807) is 0 Å². The van der Waals surface area contributed by atoms with Crippen LogP contribution in [0.5, 0.6) is 0 Å². The number of allylic oxidation sites excluding steroid dienone is 4. The van der Waals surface area contributed by atoms with Crippen LogP contribution in [0.25, 0.3) is 0 Å². The minimum absolute atomic E-state index is 0.0658. The van der Waals surface area contributed by atoms with Gasteiger partial charge in [0.15, 0.2) is 6.10 Å². The van der Waals surface area contributed by atoms with Gasteiger partial charge in [0.05, 0.1) is 0 Å². The largest absolute Gasteiger partial charge is 0.462 e. The molecule has 0 saturated heterocycles. The van der Waals surface area contributed by atoms with Crippen LogP contribution >= 0.6 is 0 Å². The molecule has 0 aliphatic heterocycles. The van der Waals surface area contributed by atoms with Gasteiger partial charge in [-0.25, -0.2) is 0 Å². The molecule has 0 aliphatic rings. The van der Waals surface area contributed by atoms with Gasteiger partial charge in [-0.05, 0) is 70.6 Å². The fraction of sp³-hybridized carbons (Fsp3) is 0.903. The molecule has 0 aromatic rings. The van der Waals surface area contributed by atoms with Crippen molar-refractivity contribution in [2.45, 2.75) is 406 Å². The van der Waals surface area contributed by atoms with Gasteiger partial charge in [0.2, 0.25) is 0 Å². The molecular weight excluding hydrogens is 961 g/mol. The lowest BCUT2D eigenvalue weighted by atomic mass is 10.0. The highest BCUT2D eigenvalue weighted by Gasteiger charge is 2.19. The third-order valence-corrected chi connectivity index (χ3v) is 16.2. The first-order valence-corrected chi connectivity index (χ1v) is 35.3. The molecular formula is C72H136O6. The maximum absolute atomic E-state index is 12.9. The number of esters is 3. The lowest BCUT2D eigenvalue weighted by Gasteiger charge is -2.18. The highest BCUT2D eigenvalue weighted by molar-refractivity contribution is 5.71. The molecule has 0 saturated carbocycles. The van der Waals surface area contributed by atoms with E-state index < -0.39 is 6.10 Å². The summed E-state index contributed by atoms with van der Waals surface area (Å²) in [6.45, 7) is 6.71. The maximum atomic E-state index is 12.9. The van der Waals surface area contributed by atoms with E-state index in [1.165, 1.54) is 302 Å². The second-order valence-corrected chi connectivity index (χ2v) is 24.1. The van der Waals surface area contributed by atoms with Crippen LogP contribution in [0.3, 0.4) is 0 Å². The van der Waals surface area contributed by atoms with E-state index in [9.17, 15) is 14.4 Å². The lowest BCUT2D eigenvalue weighted by Crippen LogP contribution is -2.30. The molecule has 1 unspecified atom stereocenters. The van der Waals surface area contributed by atoms with Gasteiger partial charge in [-0.15, -0.1) is 0 Å². The van der Waals surface area contributed by atoms with Gasteiger partial charge in [-0.3, -0.25) is 14.4 Å². The van der Waals surface area contributed by atoms with Crippen molar-refractivity contribution in [1.29, 1.82) is 0 Å². The third kappa shape index (κ3) is 64.7. The van der Waals surface area contributed by atoms with E-state index in [0.717, 1.165) is 57.8 Å². The molecule has 0 rings (SSSR count). The van der Waals surface area contributed by atoms with Gasteiger partial charge < -0.3 is 14.2 Å². The predicted molar refractivity (Wildman–Crippen MR) is 340 cm³/mol. The number of hydrogen-bond acceptors (Lipinski definition) is 6. The molecule has 0 radical (unpaired) electrons. The molecule has 0 fully saturated rings. The molecule has 1 atom stereocenters. The minimum atomic E-state index is -0.769. The number of hydrogen-bond donors (Lipinski definition) is 0. The SMILES string of the molecule is CCCCCCCC/C=C\CCCCCCCCCCCC(=O)OC(COC(=O)CCCCCCCCCCCCCCCC)COC(=O)CCCCCCCCCCCCCCCCC/C=C\CCCCCCCCCC. The summed E-state index contributed by atoms with van der Waals surface area (Å²) in [6, 6.07) is 0. The Morgan fingerprint density at radius 2 is 0.423 bits per heavy atom. The molecule has 0 spiro atoms. The monoisotopic (exact) mass is 1100 g/mol. The highest BCUT2D eigenvalue weighted by atomic mass is 16.6. The number of carbonyl (C=O) groups excluding carboxylic acids is 3. The second kappa shape index (κ2) is 67.4. The van der Waals surface area contributed by atoms with E-state index in [1.807, 2.05) is 0 Å². The quantitative estimate of drug-likeness (QED) is 0.0261. The Balaban J connectivity index is 4.21. The van der Waals surface area contributed by atoms with Gasteiger partial charge >= 0.3 is 17.9 Å². The van der Waals surface area contributed by atoms with Crippen LogP contribution in [0.4, 0.5) is 0 Å². The van der Waals surface area contributed by atoms with E-state index in [0.29, 0.717) is 19.3 Å². The normalized spacial score (nSPS) is 12.1. The summed E-state index contributed by atoms with van der Waals surface area (Å²) in [4.78, 5) is 38.4. The van der Waals surface area contributed by atoms with Crippen LogP contribution in [-0.4, -0.2) is 37.2 Å². The Bertz CT molecular complexity index is 1260. The molecule has 0 aromatic carbocycles. The van der Waals surface area contributed by atoms with Crippen molar-refractivity contribution in [3.8, 4) is 0 Å². The predicted octanol–water partition coefficient (Wildman–Crippen LogP) is 24.2. The molecule has 0 aliphatic carbocycles. The average molecular weight is 1100 g/mol. The van der Waals surface area contributed by atoms with Crippen molar-refractivity contribution in [3.05, 3.63) is 24.3 Å². The van der Waals surface area contributed by atoms with Crippen LogP contribution in [0.2, 0.25) is 0 Å². The molecule has 0 amide bonds. The zero-order chi connectivity index (χ0) is 56.4. The molecule has 6 heteroatoms. The van der Waals surface area contributed by atoms with Gasteiger partial charge in [0.1, 0.15) is 13.2 Å². The molecule has 460 valence electrons. The summed E-state index contributed by atoms with van der Waals surface area (Å²) in [5.41, 5.74) is 0. The van der Waals surface area contributed by atoms with Crippen molar-refractivity contribution in [2.75, 3.05) is 13.2 Å². The zero-order valence-electron chi connectivity index (χ0n) is 53.0. The Hall–Kier alpha value is -2.11. The summed E-state index contributed by atoms with van der Waals surface area (Å²) >= 11 is 0. The Labute approximate surface area is 487 Å². The highest BCUT2D eigenvalue weighted by Crippen LogP contribution is 2.18. The molecule has 0 bridgehead atoms. The van der Waals surface area contributed by atoms with Crippen LogP contribution in [0.1, 0.15) is 400 Å².